The van der Waals surface area contributed by atoms with Crippen molar-refractivity contribution in [3.63, 3.8) is 0 Å². The fourth-order valence-electron chi connectivity index (χ4n) is 1.55. The van der Waals surface area contributed by atoms with E-state index >= 15 is 0 Å². The Morgan fingerprint density at radius 2 is 1.04 bits per heavy atom. The second-order valence-electron chi connectivity index (χ2n) is 5.61. The van der Waals surface area contributed by atoms with Gasteiger partial charge in [0, 0.05) is 19.3 Å². The Labute approximate surface area is 144 Å². The standard InChI is InChI=1S/C8H16O2.2C4H10O3/c1-2-3-4-5-6-7-8(9)10;2*1-2-3-4(5,6)7/h2-7H2,1H3,(H,9,10);2*5-7H,2-3H2,1H3. The predicted molar refractivity (Wildman–Crippen MR) is 89.6 cm³/mol. The maximum atomic E-state index is 10.0. The van der Waals surface area contributed by atoms with Crippen molar-refractivity contribution in [3.05, 3.63) is 0 Å². The molecule has 0 fully saturated rings. The van der Waals surface area contributed by atoms with E-state index in [0.29, 0.717) is 19.3 Å². The molecule has 0 aliphatic carbocycles. The Bertz CT molecular complexity index is 252. The Hall–Kier alpha value is -0.770. The van der Waals surface area contributed by atoms with Gasteiger partial charge in [0.1, 0.15) is 0 Å². The van der Waals surface area contributed by atoms with Crippen LogP contribution in [0.2, 0.25) is 0 Å². The van der Waals surface area contributed by atoms with Gasteiger partial charge in [-0.2, -0.15) is 0 Å². The van der Waals surface area contributed by atoms with Gasteiger partial charge in [-0.15, -0.1) is 0 Å². The van der Waals surface area contributed by atoms with Crippen LogP contribution in [0.25, 0.3) is 0 Å². The van der Waals surface area contributed by atoms with Gasteiger partial charge >= 0.3 is 5.97 Å². The molecule has 7 N–H and O–H groups in total. The highest BCUT2D eigenvalue weighted by molar-refractivity contribution is 5.66. The lowest BCUT2D eigenvalue weighted by atomic mass is 10.1. The fraction of sp³-hybridized carbons (Fsp3) is 0.938. The van der Waals surface area contributed by atoms with Crippen LogP contribution in [0.5, 0.6) is 0 Å². The summed E-state index contributed by atoms with van der Waals surface area (Å²) in [5, 5.41) is 57.0. The molecule has 0 spiro atoms. The number of hydrogen-bond acceptors (Lipinski definition) is 7. The number of aliphatic carboxylic acids is 1. The average Bonchev–Trinajstić information content (AvgIpc) is 2.36. The third kappa shape index (κ3) is 42.9. The normalized spacial score (nSPS) is 11.0. The molecule has 0 unspecified atom stereocenters. The number of carboxylic acids is 1. The molecule has 0 bridgehead atoms. The van der Waals surface area contributed by atoms with Gasteiger partial charge < -0.3 is 35.7 Å². The minimum Gasteiger partial charge on any atom is -0.481 e. The molecule has 8 heteroatoms. The second-order valence-corrected chi connectivity index (χ2v) is 5.61. The van der Waals surface area contributed by atoms with Gasteiger partial charge in [0.15, 0.2) is 0 Å². The lowest BCUT2D eigenvalue weighted by molar-refractivity contribution is -0.315. The molecular weight excluding hydrogens is 320 g/mol. The Balaban J connectivity index is -0.000000283. The van der Waals surface area contributed by atoms with Gasteiger partial charge in [-0.05, 0) is 19.3 Å². The minimum absolute atomic E-state index is 0.00694. The number of hydrogen-bond donors (Lipinski definition) is 7. The highest BCUT2D eigenvalue weighted by Crippen LogP contribution is 2.04. The number of aliphatic hydroxyl groups is 6. The van der Waals surface area contributed by atoms with Crippen LogP contribution in [0.3, 0.4) is 0 Å². The number of rotatable bonds is 10. The van der Waals surface area contributed by atoms with Crippen LogP contribution < -0.4 is 0 Å². The first-order valence-electron chi connectivity index (χ1n) is 8.45. The minimum atomic E-state index is -2.45. The summed E-state index contributed by atoms with van der Waals surface area (Å²) in [6.45, 7) is 5.64. The Morgan fingerprint density at radius 1 is 0.667 bits per heavy atom. The number of carbonyl (C=O) groups is 1. The van der Waals surface area contributed by atoms with Gasteiger partial charge in [-0.1, -0.05) is 46.5 Å². The molecule has 8 nitrogen and oxygen atoms in total. The van der Waals surface area contributed by atoms with E-state index in [4.69, 9.17) is 35.7 Å². The summed E-state index contributed by atoms with van der Waals surface area (Å²) in [5.41, 5.74) is 0. The van der Waals surface area contributed by atoms with E-state index in [1.54, 1.807) is 13.8 Å². The molecule has 0 atom stereocenters. The van der Waals surface area contributed by atoms with E-state index in [-0.39, 0.29) is 12.8 Å². The van der Waals surface area contributed by atoms with E-state index in [9.17, 15) is 4.79 Å². The quantitative estimate of drug-likeness (QED) is 0.228. The van der Waals surface area contributed by atoms with Crippen LogP contribution in [0.4, 0.5) is 0 Å². The van der Waals surface area contributed by atoms with Gasteiger partial charge in [0.2, 0.25) is 0 Å². The first-order chi connectivity index (χ1) is 10.9. The number of unbranched alkanes of at least 4 members (excludes halogenated alkanes) is 4. The summed E-state index contributed by atoms with van der Waals surface area (Å²) in [6, 6.07) is 0. The molecule has 0 radical (unpaired) electrons. The van der Waals surface area contributed by atoms with Crippen molar-refractivity contribution in [2.45, 2.75) is 96.9 Å². The molecule has 148 valence electrons. The molecule has 0 saturated heterocycles. The van der Waals surface area contributed by atoms with Crippen LogP contribution >= 0.6 is 0 Å². The van der Waals surface area contributed by atoms with Crippen molar-refractivity contribution in [1.29, 1.82) is 0 Å². The predicted octanol–water partition coefficient (Wildman–Crippen LogP) is 1.27. The summed E-state index contributed by atoms with van der Waals surface area (Å²) in [5.74, 6) is -5.57. The lowest BCUT2D eigenvalue weighted by Crippen LogP contribution is -2.26. The first-order valence-corrected chi connectivity index (χ1v) is 8.45. The summed E-state index contributed by atoms with van der Waals surface area (Å²) >= 11 is 0. The highest BCUT2D eigenvalue weighted by atomic mass is 16.7. The molecule has 0 aromatic rings. The molecule has 0 aliphatic heterocycles. The maximum absolute atomic E-state index is 10.0. The zero-order valence-electron chi connectivity index (χ0n) is 15.1. The van der Waals surface area contributed by atoms with Crippen molar-refractivity contribution in [3.8, 4) is 0 Å². The van der Waals surface area contributed by atoms with Crippen molar-refractivity contribution < 1.29 is 40.5 Å². The molecule has 0 aromatic carbocycles. The van der Waals surface area contributed by atoms with Crippen molar-refractivity contribution in [1.82, 2.24) is 0 Å². The molecule has 0 rings (SSSR count). The average molecular weight is 356 g/mol. The first kappa shape index (κ1) is 28.1. The zero-order chi connectivity index (χ0) is 19.6. The third-order valence-corrected chi connectivity index (χ3v) is 2.67. The monoisotopic (exact) mass is 356 g/mol. The largest absolute Gasteiger partial charge is 0.481 e. The van der Waals surface area contributed by atoms with Crippen molar-refractivity contribution in [2.24, 2.45) is 0 Å². The molecule has 0 aromatic heterocycles. The molecule has 0 amide bonds. The fourth-order valence-corrected chi connectivity index (χ4v) is 1.55. The second kappa shape index (κ2) is 17.1. The van der Waals surface area contributed by atoms with E-state index in [1.807, 2.05) is 0 Å². The Kier molecular flexibility index (Phi) is 19.9. The summed E-state index contributed by atoms with van der Waals surface area (Å²) in [7, 11) is 0. The van der Waals surface area contributed by atoms with E-state index < -0.39 is 17.9 Å². The van der Waals surface area contributed by atoms with Crippen molar-refractivity contribution in [2.75, 3.05) is 0 Å². The smallest absolute Gasteiger partial charge is 0.303 e. The molecular formula is C16H36O8. The van der Waals surface area contributed by atoms with Crippen LogP contribution in [0.15, 0.2) is 0 Å². The molecule has 0 aliphatic rings. The summed E-state index contributed by atoms with van der Waals surface area (Å²) < 4.78 is 0. The maximum Gasteiger partial charge on any atom is 0.303 e. The van der Waals surface area contributed by atoms with Crippen molar-refractivity contribution >= 4 is 5.97 Å². The van der Waals surface area contributed by atoms with Gasteiger partial charge in [-0.25, -0.2) is 0 Å². The van der Waals surface area contributed by atoms with E-state index in [0.717, 1.165) is 12.8 Å². The van der Waals surface area contributed by atoms with Gasteiger partial charge in [0.25, 0.3) is 11.9 Å². The summed E-state index contributed by atoms with van der Waals surface area (Å²) in [6.07, 6.45) is 7.02. The number of carboxylic acid groups (broad SMARTS) is 1. The van der Waals surface area contributed by atoms with Crippen LogP contribution in [-0.2, 0) is 4.79 Å². The van der Waals surface area contributed by atoms with Crippen LogP contribution in [0.1, 0.15) is 85.0 Å². The van der Waals surface area contributed by atoms with E-state index in [2.05, 4.69) is 6.92 Å². The summed E-state index contributed by atoms with van der Waals surface area (Å²) in [4.78, 5) is 10.0. The topological polar surface area (TPSA) is 159 Å². The highest BCUT2D eigenvalue weighted by Gasteiger charge is 2.15. The van der Waals surface area contributed by atoms with Crippen LogP contribution in [0, 0.1) is 0 Å². The zero-order valence-corrected chi connectivity index (χ0v) is 15.1. The van der Waals surface area contributed by atoms with Crippen LogP contribution in [-0.4, -0.2) is 53.7 Å². The third-order valence-electron chi connectivity index (χ3n) is 2.67. The molecule has 0 heterocycles. The molecule has 0 saturated carbocycles. The molecule has 24 heavy (non-hydrogen) atoms. The van der Waals surface area contributed by atoms with Gasteiger partial charge in [0.05, 0.1) is 0 Å². The van der Waals surface area contributed by atoms with Gasteiger partial charge in [-0.3, -0.25) is 4.79 Å². The lowest BCUT2D eigenvalue weighted by Gasteiger charge is -2.10. The Morgan fingerprint density at radius 3 is 1.25 bits per heavy atom. The van der Waals surface area contributed by atoms with E-state index in [1.165, 1.54) is 19.3 Å². The SMILES string of the molecule is CCCC(O)(O)O.CCCC(O)(O)O.CCCCCCCC(=O)O.